The van der Waals surface area contributed by atoms with Crippen LogP contribution in [0.25, 0.3) is 0 Å². The van der Waals surface area contributed by atoms with E-state index in [1.54, 1.807) is 0 Å². The van der Waals surface area contributed by atoms with Gasteiger partial charge in [-0.05, 0) is 49.9 Å². The summed E-state index contributed by atoms with van der Waals surface area (Å²) in [4.78, 5) is 15.5. The van der Waals surface area contributed by atoms with E-state index in [0.717, 1.165) is 55.4 Å². The van der Waals surface area contributed by atoms with Crippen LogP contribution in [0.15, 0.2) is 54.6 Å². The molecular weight excluding hydrogens is 386 g/mol. The molecule has 1 atom stereocenters. The standard InChI is InChI=1S/C25H29N5O/c31-25(21-13-6-7-14-22(21)26-20-11-3-1-4-12-20)29-16-9-10-19(18-29)24-28-27-23-15-5-2-8-17-30(23)24/h1,3-4,6-7,11-14,19,26H,2,5,8-10,15-18H2/t19-/m1/s1. The predicted molar refractivity (Wildman–Crippen MR) is 122 cm³/mol. The van der Waals surface area contributed by atoms with Crippen molar-refractivity contribution in [2.24, 2.45) is 0 Å². The minimum Gasteiger partial charge on any atom is -0.355 e. The van der Waals surface area contributed by atoms with Gasteiger partial charge in [0.2, 0.25) is 0 Å². The number of carbonyl (C=O) groups excluding carboxylic acids is 1. The topological polar surface area (TPSA) is 63.1 Å². The van der Waals surface area contributed by atoms with Gasteiger partial charge >= 0.3 is 0 Å². The third kappa shape index (κ3) is 4.20. The number of likely N-dealkylation sites (tertiary alicyclic amines) is 1. The van der Waals surface area contributed by atoms with Gasteiger partial charge in [-0.2, -0.15) is 0 Å². The van der Waals surface area contributed by atoms with Gasteiger partial charge in [0.1, 0.15) is 11.6 Å². The van der Waals surface area contributed by atoms with Crippen molar-refractivity contribution >= 4 is 17.3 Å². The van der Waals surface area contributed by atoms with Crippen LogP contribution in [0.5, 0.6) is 0 Å². The second-order valence-electron chi connectivity index (χ2n) is 8.56. The van der Waals surface area contributed by atoms with Gasteiger partial charge in [0.25, 0.3) is 5.91 Å². The number of hydrogen-bond acceptors (Lipinski definition) is 4. The molecule has 0 radical (unpaired) electrons. The zero-order valence-electron chi connectivity index (χ0n) is 17.8. The molecule has 2 aliphatic heterocycles. The number of rotatable bonds is 4. The average Bonchev–Trinajstić information content (AvgIpc) is 3.08. The molecule has 0 bridgehead atoms. The number of amides is 1. The van der Waals surface area contributed by atoms with Crippen LogP contribution in [-0.2, 0) is 13.0 Å². The molecule has 2 aliphatic rings. The van der Waals surface area contributed by atoms with Crippen molar-refractivity contribution < 1.29 is 4.79 Å². The Labute approximate surface area is 183 Å². The molecule has 0 unspecified atom stereocenters. The van der Waals surface area contributed by atoms with E-state index in [0.29, 0.717) is 12.1 Å². The summed E-state index contributed by atoms with van der Waals surface area (Å²) in [5.41, 5.74) is 2.54. The van der Waals surface area contributed by atoms with Crippen molar-refractivity contribution in [3.63, 3.8) is 0 Å². The minimum atomic E-state index is 0.0827. The molecule has 6 heteroatoms. The molecule has 1 aromatic heterocycles. The summed E-state index contributed by atoms with van der Waals surface area (Å²) in [6.45, 7) is 2.50. The smallest absolute Gasteiger partial charge is 0.255 e. The fourth-order valence-corrected chi connectivity index (χ4v) is 4.81. The van der Waals surface area contributed by atoms with Crippen LogP contribution >= 0.6 is 0 Å². The Morgan fingerprint density at radius 1 is 0.903 bits per heavy atom. The van der Waals surface area contributed by atoms with Crippen molar-refractivity contribution in [1.29, 1.82) is 0 Å². The lowest BCUT2D eigenvalue weighted by Crippen LogP contribution is -2.40. The Balaban J connectivity index is 1.36. The summed E-state index contributed by atoms with van der Waals surface area (Å²) in [6, 6.07) is 17.8. The Morgan fingerprint density at radius 2 is 1.74 bits per heavy atom. The Kier molecular flexibility index (Phi) is 5.69. The predicted octanol–water partition coefficient (Wildman–Crippen LogP) is 4.77. The first-order valence-electron chi connectivity index (χ1n) is 11.4. The number of hydrogen-bond donors (Lipinski definition) is 1. The Morgan fingerprint density at radius 3 is 2.65 bits per heavy atom. The highest BCUT2D eigenvalue weighted by Gasteiger charge is 2.30. The van der Waals surface area contributed by atoms with Gasteiger partial charge in [-0.25, -0.2) is 0 Å². The lowest BCUT2D eigenvalue weighted by atomic mass is 9.96. The van der Waals surface area contributed by atoms with E-state index < -0.39 is 0 Å². The number of benzene rings is 2. The lowest BCUT2D eigenvalue weighted by Gasteiger charge is -2.33. The van der Waals surface area contributed by atoms with Gasteiger partial charge in [-0.1, -0.05) is 36.8 Å². The molecule has 2 aromatic carbocycles. The normalized spacial score (nSPS) is 18.8. The van der Waals surface area contributed by atoms with Crippen molar-refractivity contribution in [1.82, 2.24) is 19.7 Å². The van der Waals surface area contributed by atoms with E-state index in [9.17, 15) is 4.79 Å². The van der Waals surface area contributed by atoms with Gasteiger partial charge in [0.15, 0.2) is 0 Å². The van der Waals surface area contributed by atoms with E-state index in [4.69, 9.17) is 0 Å². The maximum absolute atomic E-state index is 13.5. The Bertz CT molecular complexity index is 1050. The summed E-state index contributed by atoms with van der Waals surface area (Å²) in [5.74, 6) is 2.53. The second-order valence-corrected chi connectivity index (χ2v) is 8.56. The summed E-state index contributed by atoms with van der Waals surface area (Å²) < 4.78 is 2.33. The van der Waals surface area contributed by atoms with Gasteiger partial charge in [0.05, 0.1) is 11.3 Å². The van der Waals surface area contributed by atoms with Crippen LogP contribution in [0.4, 0.5) is 11.4 Å². The van der Waals surface area contributed by atoms with Crippen LogP contribution in [0, 0.1) is 0 Å². The second kappa shape index (κ2) is 8.92. The molecular formula is C25H29N5O. The van der Waals surface area contributed by atoms with E-state index in [1.807, 2.05) is 59.5 Å². The maximum Gasteiger partial charge on any atom is 0.255 e. The molecule has 0 spiro atoms. The third-order valence-electron chi connectivity index (χ3n) is 6.42. The highest BCUT2D eigenvalue weighted by molar-refractivity contribution is 6.00. The Hall–Kier alpha value is -3.15. The van der Waals surface area contributed by atoms with Gasteiger partial charge in [0, 0.05) is 37.7 Å². The quantitative estimate of drug-likeness (QED) is 0.667. The van der Waals surface area contributed by atoms with Gasteiger partial charge < -0.3 is 14.8 Å². The number of aromatic nitrogens is 3. The average molecular weight is 416 g/mol. The number of piperidine rings is 1. The van der Waals surface area contributed by atoms with E-state index >= 15 is 0 Å². The molecule has 1 N–H and O–H groups in total. The minimum absolute atomic E-state index is 0.0827. The third-order valence-corrected chi connectivity index (χ3v) is 6.42. The fourth-order valence-electron chi connectivity index (χ4n) is 4.81. The first-order valence-corrected chi connectivity index (χ1v) is 11.4. The number of nitrogens with one attached hydrogen (secondary N) is 1. The molecule has 160 valence electrons. The zero-order valence-corrected chi connectivity index (χ0v) is 17.8. The molecule has 3 heterocycles. The largest absolute Gasteiger partial charge is 0.355 e. The maximum atomic E-state index is 13.5. The highest BCUT2D eigenvalue weighted by Crippen LogP contribution is 2.30. The highest BCUT2D eigenvalue weighted by atomic mass is 16.2. The molecule has 0 saturated carbocycles. The van der Waals surface area contributed by atoms with Crippen molar-refractivity contribution in [3.8, 4) is 0 Å². The fraction of sp³-hybridized carbons (Fsp3) is 0.400. The van der Waals surface area contributed by atoms with Gasteiger partial charge in [-0.3, -0.25) is 4.79 Å². The SMILES string of the molecule is O=C(c1ccccc1Nc1ccccc1)N1CCC[C@@H](c2nnc3n2CCCCC3)C1. The number of nitrogens with zero attached hydrogens (tertiary/aromatic N) is 4. The molecule has 5 rings (SSSR count). The van der Waals surface area contributed by atoms with Crippen LogP contribution in [0.3, 0.4) is 0 Å². The molecule has 6 nitrogen and oxygen atoms in total. The van der Waals surface area contributed by atoms with Crippen molar-refractivity contribution in [2.75, 3.05) is 18.4 Å². The summed E-state index contributed by atoms with van der Waals surface area (Å²) in [5, 5.41) is 12.5. The number of carbonyl (C=O) groups is 1. The monoisotopic (exact) mass is 415 g/mol. The lowest BCUT2D eigenvalue weighted by molar-refractivity contribution is 0.0704. The van der Waals surface area contributed by atoms with E-state index in [2.05, 4.69) is 20.1 Å². The van der Waals surface area contributed by atoms with Crippen LogP contribution in [0.2, 0.25) is 0 Å². The number of para-hydroxylation sites is 2. The molecule has 1 amide bonds. The first-order chi connectivity index (χ1) is 15.3. The number of aryl methyl sites for hydroxylation is 1. The molecule has 3 aromatic rings. The van der Waals surface area contributed by atoms with Crippen molar-refractivity contribution in [3.05, 3.63) is 71.8 Å². The van der Waals surface area contributed by atoms with Crippen LogP contribution < -0.4 is 5.32 Å². The van der Waals surface area contributed by atoms with Crippen molar-refractivity contribution in [2.45, 2.75) is 51.0 Å². The molecule has 0 aliphatic carbocycles. The van der Waals surface area contributed by atoms with E-state index in [-0.39, 0.29) is 11.8 Å². The first kappa shape index (κ1) is 19.8. The zero-order chi connectivity index (χ0) is 21.0. The molecule has 1 saturated heterocycles. The summed E-state index contributed by atoms with van der Waals surface area (Å²) in [6.07, 6.45) is 6.70. The van der Waals surface area contributed by atoms with Crippen LogP contribution in [-0.4, -0.2) is 38.7 Å². The van der Waals surface area contributed by atoms with Crippen LogP contribution in [0.1, 0.15) is 60.0 Å². The summed E-state index contributed by atoms with van der Waals surface area (Å²) >= 11 is 0. The number of fused-ring (bicyclic) bond motifs is 1. The molecule has 1 fully saturated rings. The van der Waals surface area contributed by atoms with E-state index in [1.165, 1.54) is 19.3 Å². The summed E-state index contributed by atoms with van der Waals surface area (Å²) in [7, 11) is 0. The van der Waals surface area contributed by atoms with Gasteiger partial charge in [-0.15, -0.1) is 10.2 Å². The molecule has 31 heavy (non-hydrogen) atoms. The number of anilines is 2.